The van der Waals surface area contributed by atoms with Gasteiger partial charge in [0.2, 0.25) is 11.9 Å². The van der Waals surface area contributed by atoms with E-state index >= 15 is 0 Å². The summed E-state index contributed by atoms with van der Waals surface area (Å²) in [7, 11) is 1.80. The summed E-state index contributed by atoms with van der Waals surface area (Å²) in [5, 5.41) is 9.76. The molecule has 0 spiro atoms. The Morgan fingerprint density at radius 1 is 1.20 bits per heavy atom. The maximum absolute atomic E-state index is 12.6. The number of rotatable bonds is 6. The average molecular weight is 478 g/mol. The van der Waals surface area contributed by atoms with Gasteiger partial charge in [-0.05, 0) is 62.9 Å². The monoisotopic (exact) mass is 477 g/mol. The third kappa shape index (κ3) is 5.10. The number of anilines is 4. The Hall–Kier alpha value is -3.20. The molecule has 186 valence electrons. The van der Waals surface area contributed by atoms with Crippen molar-refractivity contribution in [3.63, 3.8) is 0 Å². The van der Waals surface area contributed by atoms with Gasteiger partial charge in [-0.2, -0.15) is 4.98 Å². The zero-order chi connectivity index (χ0) is 24.4. The number of aromatic nitrogens is 2. The van der Waals surface area contributed by atoms with Crippen molar-refractivity contribution in [2.75, 3.05) is 41.8 Å². The topological polar surface area (TPSA) is 102 Å². The average Bonchev–Trinajstić information content (AvgIpc) is 3.56. The van der Waals surface area contributed by atoms with Crippen molar-refractivity contribution in [2.45, 2.75) is 64.0 Å². The summed E-state index contributed by atoms with van der Waals surface area (Å²) in [6, 6.07) is 6.39. The van der Waals surface area contributed by atoms with Gasteiger partial charge in [0, 0.05) is 49.9 Å². The van der Waals surface area contributed by atoms with Crippen LogP contribution in [-0.2, 0) is 4.79 Å². The minimum atomic E-state index is -0.0606. The molecule has 2 amide bonds. The smallest absolute Gasteiger partial charge is 0.251 e. The number of aryl methyl sites for hydroxylation is 1. The van der Waals surface area contributed by atoms with Gasteiger partial charge < -0.3 is 25.8 Å². The highest BCUT2D eigenvalue weighted by atomic mass is 16.2. The van der Waals surface area contributed by atoms with E-state index < -0.39 is 0 Å². The van der Waals surface area contributed by atoms with Crippen molar-refractivity contribution in [3.8, 4) is 0 Å². The van der Waals surface area contributed by atoms with Crippen LogP contribution in [0.25, 0.3) is 0 Å². The van der Waals surface area contributed by atoms with Gasteiger partial charge >= 0.3 is 0 Å². The molecule has 1 saturated heterocycles. The van der Waals surface area contributed by atoms with Crippen molar-refractivity contribution in [2.24, 2.45) is 0 Å². The molecule has 3 N–H and O–H groups in total. The predicted molar refractivity (Wildman–Crippen MR) is 137 cm³/mol. The molecule has 9 nitrogen and oxygen atoms in total. The highest BCUT2D eigenvalue weighted by molar-refractivity contribution is 5.97. The third-order valence-corrected chi connectivity index (χ3v) is 7.50. The number of amides is 2. The van der Waals surface area contributed by atoms with Crippen molar-refractivity contribution in [3.05, 3.63) is 35.5 Å². The van der Waals surface area contributed by atoms with E-state index in [4.69, 9.17) is 4.98 Å². The van der Waals surface area contributed by atoms with E-state index in [-0.39, 0.29) is 11.8 Å². The number of nitrogens with one attached hydrogen (secondary N) is 3. The molecule has 9 heteroatoms. The van der Waals surface area contributed by atoms with E-state index in [9.17, 15) is 9.59 Å². The molecule has 5 rings (SSSR count). The van der Waals surface area contributed by atoms with Crippen molar-refractivity contribution in [1.82, 2.24) is 20.6 Å². The van der Waals surface area contributed by atoms with Crippen LogP contribution in [0.3, 0.4) is 0 Å². The second-order valence-electron chi connectivity index (χ2n) is 9.89. The number of carbonyl (C=O) groups excluding carboxylic acids is 2. The Morgan fingerprint density at radius 2 is 2.03 bits per heavy atom. The lowest BCUT2D eigenvalue weighted by molar-refractivity contribution is -0.118. The first-order chi connectivity index (χ1) is 17.0. The number of benzene rings is 1. The Balaban J connectivity index is 1.33. The second-order valence-corrected chi connectivity index (χ2v) is 9.89. The van der Waals surface area contributed by atoms with E-state index in [0.717, 1.165) is 55.0 Å². The molecule has 1 aromatic heterocycles. The molecule has 1 saturated carbocycles. The fraction of sp³-hybridized carbons (Fsp3) is 0.538. The number of hydrogen-bond donors (Lipinski definition) is 3. The largest absolute Gasteiger partial charge is 0.351 e. The summed E-state index contributed by atoms with van der Waals surface area (Å²) in [4.78, 5) is 38.5. The van der Waals surface area contributed by atoms with Gasteiger partial charge in [0.05, 0.1) is 6.20 Å². The molecule has 0 radical (unpaired) electrons. The van der Waals surface area contributed by atoms with E-state index in [1.54, 1.807) is 18.1 Å². The summed E-state index contributed by atoms with van der Waals surface area (Å²) >= 11 is 0. The van der Waals surface area contributed by atoms with Crippen LogP contribution in [0, 0.1) is 6.92 Å². The lowest BCUT2D eigenvalue weighted by atomic mass is 10.1. The first-order valence-electron chi connectivity index (χ1n) is 12.8. The number of fused-ring (bicyclic) bond motifs is 1. The second kappa shape index (κ2) is 10.2. The summed E-state index contributed by atoms with van der Waals surface area (Å²) in [5.74, 6) is 1.33. The minimum absolute atomic E-state index is 0.0606. The van der Waals surface area contributed by atoms with E-state index in [1.807, 2.05) is 25.1 Å². The number of nitrogens with zero attached hydrogens (tertiary/aromatic N) is 4. The molecule has 2 fully saturated rings. The van der Waals surface area contributed by atoms with Crippen molar-refractivity contribution >= 4 is 35.0 Å². The molecule has 1 atom stereocenters. The zero-order valence-electron chi connectivity index (χ0n) is 20.6. The zero-order valence-corrected chi connectivity index (χ0v) is 20.6. The first-order valence-corrected chi connectivity index (χ1v) is 12.8. The fourth-order valence-corrected chi connectivity index (χ4v) is 5.38. The molecule has 1 aliphatic carbocycles. The predicted octanol–water partition coefficient (Wildman–Crippen LogP) is 3.13. The lowest BCUT2D eigenvalue weighted by Crippen LogP contribution is -2.37. The Morgan fingerprint density at radius 3 is 2.77 bits per heavy atom. The summed E-state index contributed by atoms with van der Waals surface area (Å²) in [6.07, 6.45) is 9.17. The SMILES string of the molecule is Cc1cc(C(=O)NCC2CCCN2)ccc1Nc1ncc2c(n1)N(C1CCCC1)CCC(=O)N2C. The Labute approximate surface area is 206 Å². The maximum Gasteiger partial charge on any atom is 0.251 e. The van der Waals surface area contributed by atoms with Gasteiger partial charge in [-0.3, -0.25) is 9.59 Å². The van der Waals surface area contributed by atoms with Gasteiger partial charge in [-0.15, -0.1) is 0 Å². The molecule has 0 bridgehead atoms. The third-order valence-electron chi connectivity index (χ3n) is 7.50. The summed E-state index contributed by atoms with van der Waals surface area (Å²) < 4.78 is 0. The normalized spacial score (nSPS) is 20.6. The van der Waals surface area contributed by atoms with Crippen LogP contribution in [0.5, 0.6) is 0 Å². The standard InChI is InChI=1S/C26H35N7O2/c1-17-14-18(25(35)28-15-19-6-5-12-27-19)9-10-21(17)30-26-29-16-22-24(31-26)33(20-7-3-4-8-20)13-11-23(34)32(22)2/h9-10,14,16,19-20,27H,3-8,11-13,15H2,1-2H3,(H,28,35)(H,29,30,31). The lowest BCUT2D eigenvalue weighted by Gasteiger charge is -2.30. The number of hydrogen-bond acceptors (Lipinski definition) is 7. The van der Waals surface area contributed by atoms with Crippen LogP contribution in [-0.4, -0.2) is 60.5 Å². The highest BCUT2D eigenvalue weighted by Crippen LogP contribution is 2.36. The molecule has 2 aromatic rings. The summed E-state index contributed by atoms with van der Waals surface area (Å²) in [5.41, 5.74) is 3.19. The Kier molecular flexibility index (Phi) is 6.86. The van der Waals surface area contributed by atoms with E-state index in [0.29, 0.717) is 43.1 Å². The van der Waals surface area contributed by atoms with Crippen LogP contribution in [0.15, 0.2) is 24.4 Å². The summed E-state index contributed by atoms with van der Waals surface area (Å²) in [6.45, 7) is 4.32. The van der Waals surface area contributed by atoms with E-state index in [1.165, 1.54) is 12.8 Å². The van der Waals surface area contributed by atoms with Crippen LogP contribution in [0.2, 0.25) is 0 Å². The molecule has 1 unspecified atom stereocenters. The van der Waals surface area contributed by atoms with Gasteiger partial charge in [-0.25, -0.2) is 4.98 Å². The first kappa shape index (κ1) is 23.5. The van der Waals surface area contributed by atoms with Gasteiger partial charge in [0.1, 0.15) is 5.69 Å². The molecular weight excluding hydrogens is 442 g/mol. The van der Waals surface area contributed by atoms with Gasteiger partial charge in [0.15, 0.2) is 5.82 Å². The fourth-order valence-electron chi connectivity index (χ4n) is 5.38. The van der Waals surface area contributed by atoms with Gasteiger partial charge in [-0.1, -0.05) is 12.8 Å². The molecule has 1 aromatic carbocycles. The quantitative estimate of drug-likeness (QED) is 0.587. The molecule has 2 aliphatic heterocycles. The maximum atomic E-state index is 12.6. The molecule has 3 heterocycles. The van der Waals surface area contributed by atoms with Crippen LogP contribution >= 0.6 is 0 Å². The molecule has 35 heavy (non-hydrogen) atoms. The van der Waals surface area contributed by atoms with Crippen LogP contribution in [0.4, 0.5) is 23.1 Å². The number of carbonyl (C=O) groups is 2. The van der Waals surface area contributed by atoms with Crippen LogP contribution in [0.1, 0.15) is 60.9 Å². The van der Waals surface area contributed by atoms with Crippen LogP contribution < -0.4 is 25.8 Å². The molecular formula is C26H35N7O2. The van der Waals surface area contributed by atoms with Crippen molar-refractivity contribution < 1.29 is 9.59 Å². The van der Waals surface area contributed by atoms with Crippen molar-refractivity contribution in [1.29, 1.82) is 0 Å². The van der Waals surface area contributed by atoms with E-state index in [2.05, 4.69) is 25.8 Å². The minimum Gasteiger partial charge on any atom is -0.351 e. The highest BCUT2D eigenvalue weighted by Gasteiger charge is 2.31. The molecule has 3 aliphatic rings. The Bertz CT molecular complexity index is 1090. The van der Waals surface area contributed by atoms with Gasteiger partial charge in [0.25, 0.3) is 5.91 Å².